The molecule has 2 fully saturated rings. The number of fused-ring (bicyclic) bond motifs is 1. The predicted molar refractivity (Wildman–Crippen MR) is 60.9 cm³/mol. The maximum Gasteiger partial charge on any atom is 0.254 e. The van der Waals surface area contributed by atoms with Crippen LogP contribution in [0.3, 0.4) is 0 Å². The number of amides is 1. The molecular weight excluding hydrogens is 233 g/mol. The molecule has 15 heavy (non-hydrogen) atoms. The van der Waals surface area contributed by atoms with Gasteiger partial charge in [-0.15, -0.1) is 28.9 Å². The van der Waals surface area contributed by atoms with E-state index in [1.807, 2.05) is 0 Å². The van der Waals surface area contributed by atoms with E-state index < -0.39 is 4.33 Å². The molecule has 82 valence electrons. The van der Waals surface area contributed by atoms with Gasteiger partial charge in [0, 0.05) is 30.5 Å². The van der Waals surface area contributed by atoms with Crippen LogP contribution in [0.2, 0.25) is 0 Å². The number of nitrogens with zero attached hydrogens (tertiary/aromatic N) is 1. The van der Waals surface area contributed by atoms with Crippen molar-refractivity contribution in [3.63, 3.8) is 0 Å². The highest BCUT2D eigenvalue weighted by molar-refractivity contribution is 6.51. The molecule has 0 N–H and O–H groups in total. The number of carbonyl (C=O) groups excluding carboxylic acids is 1. The Morgan fingerprint density at radius 2 is 2.33 bits per heavy atom. The molecule has 0 spiro atoms. The maximum atomic E-state index is 11.6. The molecule has 0 aromatic rings. The number of hydrogen-bond donors (Lipinski definition) is 0. The molecule has 1 amide bonds. The first-order chi connectivity index (χ1) is 6.93. The van der Waals surface area contributed by atoms with Crippen LogP contribution in [0.5, 0.6) is 0 Å². The van der Waals surface area contributed by atoms with Crippen LogP contribution in [0, 0.1) is 11.3 Å². The van der Waals surface area contributed by atoms with Gasteiger partial charge in [-0.2, -0.15) is 0 Å². The first-order valence-corrected chi connectivity index (χ1v) is 5.71. The molecular formula is C11H13Cl2NO. The van der Waals surface area contributed by atoms with Gasteiger partial charge in [-0.1, -0.05) is 13.5 Å². The molecule has 0 aromatic heterocycles. The van der Waals surface area contributed by atoms with E-state index in [1.54, 1.807) is 4.90 Å². The first kappa shape index (κ1) is 11.1. The van der Waals surface area contributed by atoms with Crippen molar-refractivity contribution < 1.29 is 4.79 Å². The second-order valence-electron chi connectivity index (χ2n) is 4.48. The third kappa shape index (κ3) is 1.44. The van der Waals surface area contributed by atoms with Gasteiger partial charge < -0.3 is 4.90 Å². The highest BCUT2D eigenvalue weighted by Crippen LogP contribution is 2.72. The van der Waals surface area contributed by atoms with E-state index >= 15 is 0 Å². The van der Waals surface area contributed by atoms with Gasteiger partial charge in [0.05, 0.1) is 0 Å². The fourth-order valence-electron chi connectivity index (χ4n) is 2.39. The summed E-state index contributed by atoms with van der Waals surface area (Å²) >= 11 is 12.4. The lowest BCUT2D eigenvalue weighted by molar-refractivity contribution is -0.127. The van der Waals surface area contributed by atoms with Crippen molar-refractivity contribution in [2.45, 2.75) is 17.7 Å². The van der Waals surface area contributed by atoms with Crippen LogP contribution in [-0.4, -0.2) is 28.2 Å². The van der Waals surface area contributed by atoms with Gasteiger partial charge in [0.25, 0.3) is 5.91 Å². The average molecular weight is 246 g/mol. The first-order valence-electron chi connectivity index (χ1n) is 4.96. The van der Waals surface area contributed by atoms with Crippen molar-refractivity contribution in [2.24, 2.45) is 11.3 Å². The molecule has 2 atom stereocenters. The molecule has 1 saturated carbocycles. The summed E-state index contributed by atoms with van der Waals surface area (Å²) in [6, 6.07) is 0. The van der Waals surface area contributed by atoms with Crippen molar-refractivity contribution in [1.29, 1.82) is 0 Å². The van der Waals surface area contributed by atoms with Crippen LogP contribution < -0.4 is 0 Å². The zero-order chi connectivity index (χ0) is 11.3. The van der Waals surface area contributed by atoms with E-state index in [0.29, 0.717) is 13.1 Å². The Hall–Kier alpha value is -0.430. The normalized spacial score (nSPS) is 36.5. The Balaban J connectivity index is 2.08. The smallest absolute Gasteiger partial charge is 0.254 e. The number of likely N-dealkylation sites (tertiary alicyclic amines) is 1. The lowest BCUT2D eigenvalue weighted by Gasteiger charge is -2.27. The van der Waals surface area contributed by atoms with E-state index in [4.69, 9.17) is 23.2 Å². The zero-order valence-electron chi connectivity index (χ0n) is 8.59. The van der Waals surface area contributed by atoms with Crippen LogP contribution in [0.15, 0.2) is 18.4 Å². The molecule has 0 bridgehead atoms. The van der Waals surface area contributed by atoms with Crippen molar-refractivity contribution in [2.75, 3.05) is 13.1 Å². The molecule has 2 rings (SSSR count). The fourth-order valence-corrected chi connectivity index (χ4v) is 3.35. The largest absolute Gasteiger partial charge is 0.338 e. The molecule has 2 nitrogen and oxygen atoms in total. The Bertz CT molecular complexity index is 360. The van der Waals surface area contributed by atoms with Gasteiger partial charge in [-0.05, 0) is 6.42 Å². The van der Waals surface area contributed by atoms with E-state index in [-0.39, 0.29) is 17.2 Å². The van der Waals surface area contributed by atoms with Crippen LogP contribution in [0.4, 0.5) is 0 Å². The van der Waals surface area contributed by atoms with E-state index in [9.17, 15) is 4.79 Å². The monoisotopic (exact) mass is 245 g/mol. The van der Waals surface area contributed by atoms with Gasteiger partial charge in [0.2, 0.25) is 0 Å². The Morgan fingerprint density at radius 3 is 2.87 bits per heavy atom. The van der Waals surface area contributed by atoms with Crippen LogP contribution >= 0.6 is 23.2 Å². The van der Waals surface area contributed by atoms with Crippen molar-refractivity contribution in [3.05, 3.63) is 18.4 Å². The molecule has 0 radical (unpaired) electrons. The van der Waals surface area contributed by atoms with E-state index in [0.717, 1.165) is 6.42 Å². The summed E-state index contributed by atoms with van der Waals surface area (Å²) in [6.45, 7) is 6.83. The summed E-state index contributed by atoms with van der Waals surface area (Å²) < 4.78 is -0.653. The van der Waals surface area contributed by atoms with Crippen LogP contribution in [0.25, 0.3) is 0 Å². The zero-order valence-corrected chi connectivity index (χ0v) is 10.1. The molecule has 2 aliphatic rings. The van der Waals surface area contributed by atoms with Crippen molar-refractivity contribution in [3.8, 4) is 0 Å². The Labute approximate surface area is 99.5 Å². The molecule has 1 heterocycles. The summed E-state index contributed by atoms with van der Waals surface area (Å²) in [6.07, 6.45) is 2.22. The number of alkyl halides is 2. The highest BCUT2D eigenvalue weighted by Gasteiger charge is 2.74. The van der Waals surface area contributed by atoms with E-state index in [1.165, 1.54) is 6.08 Å². The molecule has 4 heteroatoms. The third-order valence-electron chi connectivity index (χ3n) is 3.73. The van der Waals surface area contributed by atoms with Gasteiger partial charge >= 0.3 is 0 Å². The number of carbonyl (C=O) groups is 1. The fraction of sp³-hybridized carbons (Fsp3) is 0.636. The number of piperidine rings is 1. The summed E-state index contributed by atoms with van der Waals surface area (Å²) in [5, 5.41) is 0. The minimum absolute atomic E-state index is 0.00914. The Morgan fingerprint density at radius 1 is 1.67 bits per heavy atom. The maximum absolute atomic E-state index is 11.6. The van der Waals surface area contributed by atoms with Crippen molar-refractivity contribution >= 4 is 29.1 Å². The second-order valence-corrected chi connectivity index (χ2v) is 5.86. The van der Waals surface area contributed by atoms with Gasteiger partial charge in [0.1, 0.15) is 4.33 Å². The van der Waals surface area contributed by atoms with Gasteiger partial charge in [-0.3, -0.25) is 4.79 Å². The molecule has 1 saturated heterocycles. The third-order valence-corrected chi connectivity index (χ3v) is 5.12. The lowest BCUT2D eigenvalue weighted by Crippen LogP contribution is -2.37. The average Bonchev–Trinajstić information content (AvgIpc) is 2.61. The van der Waals surface area contributed by atoms with Gasteiger partial charge in [0.15, 0.2) is 0 Å². The number of rotatable bonds is 1. The molecule has 2 unspecified atom stereocenters. The second kappa shape index (κ2) is 3.28. The molecule has 1 aliphatic carbocycles. The number of hydrogen-bond acceptors (Lipinski definition) is 1. The van der Waals surface area contributed by atoms with Crippen LogP contribution in [-0.2, 0) is 4.79 Å². The SMILES string of the molecule is C=C=CC(=O)N1CCC2(C)C(C1)C2(Cl)Cl. The van der Waals surface area contributed by atoms with Crippen molar-refractivity contribution in [1.82, 2.24) is 4.90 Å². The lowest BCUT2D eigenvalue weighted by atomic mass is 9.98. The molecule has 0 aromatic carbocycles. The Kier molecular flexibility index (Phi) is 2.42. The minimum Gasteiger partial charge on any atom is -0.338 e. The highest BCUT2D eigenvalue weighted by atomic mass is 35.5. The van der Waals surface area contributed by atoms with E-state index in [2.05, 4.69) is 19.2 Å². The topological polar surface area (TPSA) is 20.3 Å². The van der Waals surface area contributed by atoms with Gasteiger partial charge in [-0.25, -0.2) is 0 Å². The summed E-state index contributed by atoms with van der Waals surface area (Å²) in [4.78, 5) is 13.3. The summed E-state index contributed by atoms with van der Waals surface area (Å²) in [5.41, 5.74) is 2.48. The standard InChI is InChI=1S/C11H13Cl2NO/c1-3-4-9(15)14-6-5-10(2)8(7-14)11(10,12)13/h4,8H,1,5-7H2,2H3. The number of halogens is 2. The minimum atomic E-state index is -0.653. The molecule has 1 aliphatic heterocycles. The quantitative estimate of drug-likeness (QED) is 0.395. The van der Waals surface area contributed by atoms with Crippen LogP contribution in [0.1, 0.15) is 13.3 Å². The summed E-state index contributed by atoms with van der Waals surface area (Å²) in [5.74, 6) is 0.146. The predicted octanol–water partition coefficient (Wildman–Crippen LogP) is 2.37. The summed E-state index contributed by atoms with van der Waals surface area (Å²) in [7, 11) is 0.